The zero-order valence-corrected chi connectivity index (χ0v) is 10.9. The fourth-order valence-electron chi connectivity index (χ4n) is 2.09. The molecular formula is C14H21N3O. The van der Waals surface area contributed by atoms with Crippen molar-refractivity contribution in [3.63, 3.8) is 0 Å². The fourth-order valence-corrected chi connectivity index (χ4v) is 2.09. The molecule has 4 nitrogen and oxygen atoms in total. The minimum Gasteiger partial charge on any atom is -0.388 e. The molecule has 4 heteroatoms. The quantitative estimate of drug-likeness (QED) is 0.817. The first-order chi connectivity index (χ1) is 8.79. The zero-order chi connectivity index (χ0) is 12.8. The van der Waals surface area contributed by atoms with Gasteiger partial charge in [0.15, 0.2) is 0 Å². The molecule has 98 valence electrons. The minimum atomic E-state index is -0.315. The van der Waals surface area contributed by atoms with Gasteiger partial charge in [0.25, 0.3) is 0 Å². The maximum absolute atomic E-state index is 9.88. The topological polar surface area (TPSA) is 43.0 Å². The highest BCUT2D eigenvalue weighted by Crippen LogP contribution is 2.18. The van der Waals surface area contributed by atoms with Crippen molar-refractivity contribution in [1.29, 1.82) is 0 Å². The number of aryl methyl sites for hydroxylation is 2. The second-order valence-electron chi connectivity index (χ2n) is 4.64. The summed E-state index contributed by atoms with van der Waals surface area (Å²) in [5, 5.41) is 9.88. The Morgan fingerprint density at radius 3 is 2.83 bits per heavy atom. The molecule has 0 aliphatic carbocycles. The average Bonchev–Trinajstić information content (AvgIpc) is 3.00. The SMILES string of the molecule is CCCC(O)c1ccn(CCCn2ccnc2)c1. The van der Waals surface area contributed by atoms with Crippen LogP contribution in [0.5, 0.6) is 0 Å². The molecule has 0 radical (unpaired) electrons. The van der Waals surface area contributed by atoms with E-state index in [9.17, 15) is 5.11 Å². The van der Waals surface area contributed by atoms with E-state index < -0.39 is 0 Å². The molecule has 0 amide bonds. The van der Waals surface area contributed by atoms with Gasteiger partial charge in [-0.2, -0.15) is 0 Å². The van der Waals surface area contributed by atoms with Gasteiger partial charge in [-0.3, -0.25) is 0 Å². The Kier molecular flexibility index (Phi) is 4.59. The molecular weight excluding hydrogens is 226 g/mol. The highest BCUT2D eigenvalue weighted by atomic mass is 16.3. The van der Waals surface area contributed by atoms with E-state index in [0.717, 1.165) is 37.9 Å². The minimum absolute atomic E-state index is 0.315. The number of imidazole rings is 1. The van der Waals surface area contributed by atoms with Crippen molar-refractivity contribution in [3.05, 3.63) is 42.7 Å². The van der Waals surface area contributed by atoms with Gasteiger partial charge in [-0.25, -0.2) is 4.98 Å². The van der Waals surface area contributed by atoms with Crippen LogP contribution in [0.2, 0.25) is 0 Å². The molecule has 18 heavy (non-hydrogen) atoms. The first-order valence-corrected chi connectivity index (χ1v) is 6.59. The van der Waals surface area contributed by atoms with E-state index in [2.05, 4.69) is 21.0 Å². The molecule has 0 saturated heterocycles. The number of nitrogens with zero attached hydrogens (tertiary/aromatic N) is 3. The third-order valence-corrected chi connectivity index (χ3v) is 3.11. The van der Waals surface area contributed by atoms with Crippen molar-refractivity contribution in [2.75, 3.05) is 0 Å². The standard InChI is InChI=1S/C14H21N3O/c1-2-4-14(18)13-5-9-16(11-13)7-3-8-17-10-6-15-12-17/h5-6,9-12,14,18H,2-4,7-8H2,1H3. The number of aliphatic hydroxyl groups is 1. The van der Waals surface area contributed by atoms with E-state index in [1.165, 1.54) is 0 Å². The molecule has 2 rings (SSSR count). The van der Waals surface area contributed by atoms with E-state index in [4.69, 9.17) is 0 Å². The first kappa shape index (κ1) is 12.9. The highest BCUT2D eigenvalue weighted by molar-refractivity contribution is 5.13. The molecule has 0 bridgehead atoms. The Morgan fingerprint density at radius 2 is 2.11 bits per heavy atom. The number of hydrogen-bond acceptors (Lipinski definition) is 2. The zero-order valence-electron chi connectivity index (χ0n) is 10.9. The highest BCUT2D eigenvalue weighted by Gasteiger charge is 2.07. The Balaban J connectivity index is 1.79. The summed E-state index contributed by atoms with van der Waals surface area (Å²) in [6.45, 7) is 4.04. The van der Waals surface area contributed by atoms with Gasteiger partial charge in [0.05, 0.1) is 12.4 Å². The fraction of sp³-hybridized carbons (Fsp3) is 0.500. The summed E-state index contributed by atoms with van der Waals surface area (Å²) < 4.78 is 4.22. The molecule has 0 fully saturated rings. The monoisotopic (exact) mass is 247 g/mol. The summed E-state index contributed by atoms with van der Waals surface area (Å²) in [5.41, 5.74) is 1.03. The lowest BCUT2D eigenvalue weighted by molar-refractivity contribution is 0.166. The van der Waals surface area contributed by atoms with Gasteiger partial charge in [-0.05, 0) is 24.5 Å². The molecule has 1 atom stereocenters. The van der Waals surface area contributed by atoms with Gasteiger partial charge in [-0.1, -0.05) is 13.3 Å². The number of rotatable bonds is 7. The smallest absolute Gasteiger partial charge is 0.0945 e. The van der Waals surface area contributed by atoms with Crippen LogP contribution in [0, 0.1) is 0 Å². The van der Waals surface area contributed by atoms with Crippen molar-refractivity contribution >= 4 is 0 Å². The Hall–Kier alpha value is -1.55. The molecule has 2 aromatic heterocycles. The maximum atomic E-state index is 9.88. The van der Waals surface area contributed by atoms with E-state index in [-0.39, 0.29) is 6.10 Å². The molecule has 2 aromatic rings. The predicted molar refractivity (Wildman–Crippen MR) is 71.1 cm³/mol. The molecule has 0 saturated carbocycles. The lowest BCUT2D eigenvalue weighted by atomic mass is 10.1. The van der Waals surface area contributed by atoms with Crippen molar-refractivity contribution in [2.45, 2.75) is 45.4 Å². The number of aromatic nitrogens is 3. The van der Waals surface area contributed by atoms with Gasteiger partial charge in [0, 0.05) is 37.9 Å². The molecule has 1 unspecified atom stereocenters. The molecule has 0 aromatic carbocycles. The summed E-state index contributed by atoms with van der Waals surface area (Å²) in [6, 6.07) is 2.01. The number of hydrogen-bond donors (Lipinski definition) is 1. The van der Waals surface area contributed by atoms with Crippen molar-refractivity contribution in [1.82, 2.24) is 14.1 Å². The molecule has 0 spiro atoms. The van der Waals surface area contributed by atoms with Gasteiger partial charge in [-0.15, -0.1) is 0 Å². The molecule has 2 heterocycles. The maximum Gasteiger partial charge on any atom is 0.0945 e. The van der Waals surface area contributed by atoms with E-state index in [1.807, 2.05) is 31.0 Å². The van der Waals surface area contributed by atoms with E-state index >= 15 is 0 Å². The summed E-state index contributed by atoms with van der Waals surface area (Å²) in [7, 11) is 0. The van der Waals surface area contributed by atoms with Crippen LogP contribution in [0.1, 0.15) is 37.9 Å². The van der Waals surface area contributed by atoms with Gasteiger partial charge < -0.3 is 14.2 Å². The Bertz CT molecular complexity index is 447. The van der Waals surface area contributed by atoms with Crippen LogP contribution in [0.4, 0.5) is 0 Å². The van der Waals surface area contributed by atoms with Crippen molar-refractivity contribution in [2.24, 2.45) is 0 Å². The summed E-state index contributed by atoms with van der Waals surface area (Å²) in [4.78, 5) is 4.02. The molecule has 0 aliphatic rings. The Labute approximate surface area is 108 Å². The average molecular weight is 247 g/mol. The van der Waals surface area contributed by atoms with Crippen LogP contribution < -0.4 is 0 Å². The van der Waals surface area contributed by atoms with Gasteiger partial charge in [0.1, 0.15) is 0 Å². The van der Waals surface area contributed by atoms with Crippen LogP contribution in [0.15, 0.2) is 37.2 Å². The second kappa shape index (κ2) is 6.40. The second-order valence-corrected chi connectivity index (χ2v) is 4.64. The van der Waals surface area contributed by atoms with Crippen LogP contribution in [0.3, 0.4) is 0 Å². The normalized spacial score (nSPS) is 12.8. The van der Waals surface area contributed by atoms with Crippen LogP contribution in [0.25, 0.3) is 0 Å². The molecule has 1 N–H and O–H groups in total. The first-order valence-electron chi connectivity index (χ1n) is 6.59. The third-order valence-electron chi connectivity index (χ3n) is 3.11. The van der Waals surface area contributed by atoms with Crippen LogP contribution >= 0.6 is 0 Å². The summed E-state index contributed by atoms with van der Waals surface area (Å²) in [6.07, 6.45) is 12.3. The molecule has 0 aliphatic heterocycles. The predicted octanol–water partition coefficient (Wildman–Crippen LogP) is 2.61. The third kappa shape index (κ3) is 3.47. The number of aliphatic hydroxyl groups excluding tert-OH is 1. The largest absolute Gasteiger partial charge is 0.388 e. The van der Waals surface area contributed by atoms with Crippen molar-refractivity contribution in [3.8, 4) is 0 Å². The lowest BCUT2D eigenvalue weighted by Gasteiger charge is -2.07. The summed E-state index contributed by atoms with van der Waals surface area (Å²) in [5.74, 6) is 0. The van der Waals surface area contributed by atoms with Gasteiger partial charge in [0.2, 0.25) is 0 Å². The van der Waals surface area contributed by atoms with Crippen LogP contribution in [-0.2, 0) is 13.1 Å². The van der Waals surface area contributed by atoms with Crippen LogP contribution in [-0.4, -0.2) is 19.2 Å². The van der Waals surface area contributed by atoms with E-state index in [1.54, 1.807) is 6.20 Å². The van der Waals surface area contributed by atoms with Crippen molar-refractivity contribution < 1.29 is 5.11 Å². The van der Waals surface area contributed by atoms with Gasteiger partial charge >= 0.3 is 0 Å². The Morgan fingerprint density at radius 1 is 1.28 bits per heavy atom. The lowest BCUT2D eigenvalue weighted by Crippen LogP contribution is -2.01. The van der Waals surface area contributed by atoms with E-state index in [0.29, 0.717) is 0 Å². The summed E-state index contributed by atoms with van der Waals surface area (Å²) >= 11 is 0.